The average Bonchev–Trinajstić information content (AvgIpc) is 2.92. The van der Waals surface area contributed by atoms with E-state index in [0.717, 1.165) is 62.7 Å². The first kappa shape index (κ1) is 22.0. The van der Waals surface area contributed by atoms with E-state index in [1.807, 2.05) is 19.1 Å². The molecule has 6 heteroatoms. The minimum absolute atomic E-state index is 0.129. The Bertz CT molecular complexity index is 724. The van der Waals surface area contributed by atoms with Crippen molar-refractivity contribution in [1.82, 2.24) is 14.9 Å². The van der Waals surface area contributed by atoms with Crippen LogP contribution in [-0.4, -0.2) is 48.2 Å². The molecule has 0 saturated carbocycles. The Kier molecular flexibility index (Phi) is 9.55. The van der Waals surface area contributed by atoms with Crippen LogP contribution in [0.4, 0.5) is 0 Å². The van der Waals surface area contributed by atoms with Gasteiger partial charge in [0.05, 0.1) is 19.9 Å². The quantitative estimate of drug-likeness (QED) is 0.492. The summed E-state index contributed by atoms with van der Waals surface area (Å²) in [4.78, 5) is 20.6. The maximum Gasteiger partial charge on any atom is 0.266 e. The van der Waals surface area contributed by atoms with Crippen molar-refractivity contribution >= 4 is 0 Å². The van der Waals surface area contributed by atoms with Crippen LogP contribution in [0.15, 0.2) is 53.5 Å². The highest BCUT2D eigenvalue weighted by Crippen LogP contribution is 2.20. The number of hydrogen-bond acceptors (Lipinski definition) is 5. The molecule has 1 atom stereocenters. The fraction of sp³-hybridized carbons (Fsp3) is 0.545. The van der Waals surface area contributed by atoms with Crippen LogP contribution in [-0.2, 0) is 15.9 Å². The number of allylic oxidation sites excluding steroid dienone is 4. The molecule has 1 aliphatic heterocycles. The van der Waals surface area contributed by atoms with Gasteiger partial charge in [-0.25, -0.2) is 0 Å². The van der Waals surface area contributed by atoms with Crippen molar-refractivity contribution in [2.45, 2.75) is 39.0 Å². The highest BCUT2D eigenvalue weighted by molar-refractivity contribution is 5.18. The van der Waals surface area contributed by atoms with Crippen LogP contribution in [0.25, 0.3) is 0 Å². The fourth-order valence-corrected chi connectivity index (χ4v) is 3.45. The van der Waals surface area contributed by atoms with E-state index in [1.165, 1.54) is 19.0 Å². The van der Waals surface area contributed by atoms with E-state index in [0.29, 0.717) is 5.92 Å². The molecular weight excluding hydrogens is 354 g/mol. The summed E-state index contributed by atoms with van der Waals surface area (Å²) in [5, 5.41) is 0. The number of hydrogen-bond donors (Lipinski definition) is 1. The number of ether oxygens (including phenoxy) is 2. The van der Waals surface area contributed by atoms with Crippen LogP contribution in [0.5, 0.6) is 0 Å². The van der Waals surface area contributed by atoms with E-state index in [4.69, 9.17) is 9.47 Å². The van der Waals surface area contributed by atoms with Gasteiger partial charge in [-0.15, -0.1) is 0 Å². The normalized spacial score (nSPS) is 19.1. The molecule has 1 fully saturated rings. The zero-order valence-electron chi connectivity index (χ0n) is 17.2. The van der Waals surface area contributed by atoms with Crippen LogP contribution < -0.4 is 5.56 Å². The lowest BCUT2D eigenvalue weighted by Gasteiger charge is -2.20. The minimum Gasteiger partial charge on any atom is -0.494 e. The average molecular weight is 388 g/mol. The maximum absolute atomic E-state index is 11.3. The minimum atomic E-state index is -0.129. The van der Waals surface area contributed by atoms with Gasteiger partial charge >= 0.3 is 0 Å². The van der Waals surface area contributed by atoms with Crippen LogP contribution in [0.2, 0.25) is 0 Å². The van der Waals surface area contributed by atoms with Gasteiger partial charge in [-0.05, 0) is 70.7 Å². The predicted octanol–water partition coefficient (Wildman–Crippen LogP) is 3.44. The van der Waals surface area contributed by atoms with E-state index in [9.17, 15) is 4.79 Å². The van der Waals surface area contributed by atoms with E-state index < -0.39 is 0 Å². The van der Waals surface area contributed by atoms with Crippen LogP contribution in [0, 0.1) is 5.92 Å². The number of H-pyrrole nitrogens is 1. The molecule has 28 heavy (non-hydrogen) atoms. The van der Waals surface area contributed by atoms with Gasteiger partial charge in [0.25, 0.3) is 5.56 Å². The maximum atomic E-state index is 11.3. The summed E-state index contributed by atoms with van der Waals surface area (Å²) in [6, 6.07) is 0. The Hall–Kier alpha value is -2.34. The molecule has 2 rings (SSSR count). The standard InChI is InChI=1S/C22H33N3O3/c1-4-5-10-21(27-3)18(2)28-17-19-8-6-12-25(14-11-19)13-7-9-20-15-23-16-22(26)24-20/h4-5,10,15-16,19H,1,6-9,11-14,17H2,2-3H3,(H,24,26)/b10-5-,21-18-. The Labute approximate surface area is 168 Å². The molecule has 2 heterocycles. The molecular formula is C22H33N3O3. The number of rotatable bonds is 10. The molecule has 0 aliphatic carbocycles. The second kappa shape index (κ2) is 12.2. The molecule has 0 radical (unpaired) electrons. The fourth-order valence-electron chi connectivity index (χ4n) is 3.45. The number of aromatic nitrogens is 2. The first-order valence-electron chi connectivity index (χ1n) is 10.0. The number of nitrogens with one attached hydrogen (secondary N) is 1. The molecule has 0 spiro atoms. The summed E-state index contributed by atoms with van der Waals surface area (Å²) in [7, 11) is 1.65. The van der Waals surface area contributed by atoms with Gasteiger partial charge in [0.2, 0.25) is 0 Å². The van der Waals surface area contributed by atoms with Crippen molar-refractivity contribution in [3.05, 3.63) is 64.8 Å². The smallest absolute Gasteiger partial charge is 0.266 e. The molecule has 0 amide bonds. The Balaban J connectivity index is 1.73. The van der Waals surface area contributed by atoms with Crippen molar-refractivity contribution in [1.29, 1.82) is 0 Å². The van der Waals surface area contributed by atoms with E-state index in [-0.39, 0.29) is 5.56 Å². The Morgan fingerprint density at radius 2 is 2.25 bits per heavy atom. The topological polar surface area (TPSA) is 67.5 Å². The Morgan fingerprint density at radius 1 is 1.39 bits per heavy atom. The lowest BCUT2D eigenvalue weighted by atomic mass is 10.0. The molecule has 1 unspecified atom stereocenters. The second-order valence-corrected chi connectivity index (χ2v) is 7.19. The molecule has 154 valence electrons. The van der Waals surface area contributed by atoms with Gasteiger partial charge in [0.15, 0.2) is 5.76 Å². The van der Waals surface area contributed by atoms with Gasteiger partial charge in [-0.2, -0.15) is 0 Å². The lowest BCUT2D eigenvalue weighted by Crippen LogP contribution is -2.26. The van der Waals surface area contributed by atoms with Crippen molar-refractivity contribution in [3.63, 3.8) is 0 Å². The first-order valence-corrected chi connectivity index (χ1v) is 10.0. The van der Waals surface area contributed by atoms with Crippen LogP contribution in [0.1, 0.15) is 38.3 Å². The summed E-state index contributed by atoms with van der Waals surface area (Å²) >= 11 is 0. The highest BCUT2D eigenvalue weighted by atomic mass is 16.5. The number of methoxy groups -OCH3 is 1. The number of nitrogens with zero attached hydrogens (tertiary/aromatic N) is 2. The molecule has 1 aromatic rings. The van der Waals surface area contributed by atoms with Crippen LogP contribution >= 0.6 is 0 Å². The third kappa shape index (κ3) is 7.72. The summed E-state index contributed by atoms with van der Waals surface area (Å²) in [6.07, 6.45) is 13.9. The van der Waals surface area contributed by atoms with E-state index in [2.05, 4.69) is 21.4 Å². The first-order chi connectivity index (χ1) is 13.6. The summed E-state index contributed by atoms with van der Waals surface area (Å²) in [5.74, 6) is 2.12. The van der Waals surface area contributed by atoms with Gasteiger partial charge < -0.3 is 19.4 Å². The number of aromatic amines is 1. The van der Waals surface area contributed by atoms with Crippen molar-refractivity contribution in [2.75, 3.05) is 33.4 Å². The SMILES string of the molecule is C=C/C=C\C(OC)=C(/C)OCC1CCCN(CCCc2cncc(=O)[nH]2)CC1. The Morgan fingerprint density at radius 3 is 3.00 bits per heavy atom. The monoisotopic (exact) mass is 387 g/mol. The number of aryl methyl sites for hydroxylation is 1. The summed E-state index contributed by atoms with van der Waals surface area (Å²) in [5.41, 5.74) is 0.784. The predicted molar refractivity (Wildman–Crippen MR) is 112 cm³/mol. The lowest BCUT2D eigenvalue weighted by molar-refractivity contribution is 0.139. The molecule has 1 aromatic heterocycles. The van der Waals surface area contributed by atoms with Crippen LogP contribution in [0.3, 0.4) is 0 Å². The molecule has 0 bridgehead atoms. The van der Waals surface area contributed by atoms with Gasteiger partial charge in [0.1, 0.15) is 5.76 Å². The van der Waals surface area contributed by atoms with Gasteiger partial charge in [-0.3, -0.25) is 9.78 Å². The molecule has 1 saturated heterocycles. The van der Waals surface area contributed by atoms with Crippen molar-refractivity contribution < 1.29 is 9.47 Å². The highest BCUT2D eigenvalue weighted by Gasteiger charge is 2.18. The molecule has 0 aromatic carbocycles. The van der Waals surface area contributed by atoms with E-state index in [1.54, 1.807) is 19.4 Å². The molecule has 6 nitrogen and oxygen atoms in total. The third-order valence-corrected chi connectivity index (χ3v) is 5.05. The molecule has 1 aliphatic rings. The second-order valence-electron chi connectivity index (χ2n) is 7.19. The number of likely N-dealkylation sites (tertiary alicyclic amines) is 1. The largest absolute Gasteiger partial charge is 0.494 e. The van der Waals surface area contributed by atoms with Crippen molar-refractivity contribution in [2.24, 2.45) is 5.92 Å². The summed E-state index contributed by atoms with van der Waals surface area (Å²) < 4.78 is 11.4. The zero-order valence-corrected chi connectivity index (χ0v) is 17.2. The zero-order chi connectivity index (χ0) is 20.2. The summed E-state index contributed by atoms with van der Waals surface area (Å²) in [6.45, 7) is 9.61. The molecule has 1 N–H and O–H groups in total. The van der Waals surface area contributed by atoms with Crippen molar-refractivity contribution in [3.8, 4) is 0 Å². The third-order valence-electron chi connectivity index (χ3n) is 5.05. The van der Waals surface area contributed by atoms with Gasteiger partial charge in [0, 0.05) is 11.9 Å². The van der Waals surface area contributed by atoms with Gasteiger partial charge in [-0.1, -0.05) is 18.7 Å². The van der Waals surface area contributed by atoms with E-state index >= 15 is 0 Å².